The van der Waals surface area contributed by atoms with E-state index in [1.54, 1.807) is 12.0 Å². The van der Waals surface area contributed by atoms with Gasteiger partial charge in [0.2, 0.25) is 0 Å². The molecule has 250 valence electrons. The van der Waals surface area contributed by atoms with Crippen LogP contribution in [-0.2, 0) is 27.1 Å². The number of aryl methyl sites for hydroxylation is 3. The molecule has 0 radical (unpaired) electrons. The monoisotopic (exact) mass is 640 g/mol. The lowest BCUT2D eigenvalue weighted by Gasteiger charge is -2.61. The van der Waals surface area contributed by atoms with Crippen molar-refractivity contribution in [2.24, 2.45) is 5.41 Å². The van der Waals surface area contributed by atoms with Crippen molar-refractivity contribution >= 4 is 17.9 Å². The molecule has 10 heteroatoms. The largest absolute Gasteiger partial charge is 0.490 e. The highest BCUT2D eigenvalue weighted by Gasteiger charge is 2.51. The fourth-order valence-electron chi connectivity index (χ4n) is 7.47. The lowest BCUT2D eigenvalue weighted by atomic mass is 9.72. The first-order valence-corrected chi connectivity index (χ1v) is 16.8. The summed E-state index contributed by atoms with van der Waals surface area (Å²) in [5.41, 5.74) is 6.18. The maximum atomic E-state index is 12.9. The normalized spacial score (nSPS) is 18.1. The summed E-state index contributed by atoms with van der Waals surface area (Å²) in [4.78, 5) is 36.1. The Morgan fingerprint density at radius 2 is 1.83 bits per heavy atom. The number of carbonyl (C=O) groups is 1. The van der Waals surface area contributed by atoms with Gasteiger partial charge in [-0.05, 0) is 82.9 Å². The zero-order valence-electron chi connectivity index (χ0n) is 28.7. The molecule has 2 fully saturated rings. The van der Waals surface area contributed by atoms with E-state index in [1.165, 1.54) is 5.56 Å². The van der Waals surface area contributed by atoms with Crippen LogP contribution in [0.3, 0.4) is 0 Å². The molecule has 10 nitrogen and oxygen atoms in total. The summed E-state index contributed by atoms with van der Waals surface area (Å²) in [5, 5.41) is 4.67. The van der Waals surface area contributed by atoms with E-state index in [-0.39, 0.29) is 12.0 Å². The zero-order valence-corrected chi connectivity index (χ0v) is 28.7. The smallest absolute Gasteiger partial charge is 0.416 e. The molecule has 2 saturated heterocycles. The Balaban J connectivity index is 1.04. The van der Waals surface area contributed by atoms with Crippen molar-refractivity contribution in [1.82, 2.24) is 24.6 Å². The number of likely N-dealkylation sites (tertiary alicyclic amines) is 2. The molecule has 5 heterocycles. The molecule has 47 heavy (non-hydrogen) atoms. The van der Waals surface area contributed by atoms with E-state index >= 15 is 0 Å². The Morgan fingerprint density at radius 3 is 2.51 bits per heavy atom. The molecule has 1 aromatic carbocycles. The van der Waals surface area contributed by atoms with Crippen LogP contribution in [0.25, 0.3) is 5.69 Å². The second kappa shape index (κ2) is 13.3. The number of allylic oxidation sites excluding steroid dienone is 1. The van der Waals surface area contributed by atoms with Gasteiger partial charge in [0, 0.05) is 81.4 Å². The van der Waals surface area contributed by atoms with Gasteiger partial charge in [-0.1, -0.05) is 18.2 Å². The second-order valence-corrected chi connectivity index (χ2v) is 14.7. The Labute approximate surface area is 278 Å². The van der Waals surface area contributed by atoms with Crippen LogP contribution in [0.1, 0.15) is 67.7 Å². The number of anilines is 1. The van der Waals surface area contributed by atoms with Gasteiger partial charge in [-0.15, -0.1) is 0 Å². The Morgan fingerprint density at radius 1 is 1.06 bits per heavy atom. The Bertz CT molecular complexity index is 1660. The van der Waals surface area contributed by atoms with E-state index in [9.17, 15) is 9.59 Å². The number of nitrogens with zero attached hydrogens (tertiary/aromatic N) is 6. The van der Waals surface area contributed by atoms with E-state index in [0.29, 0.717) is 24.1 Å². The van der Waals surface area contributed by atoms with Crippen molar-refractivity contribution < 1.29 is 19.1 Å². The summed E-state index contributed by atoms with van der Waals surface area (Å²) >= 11 is 0. The van der Waals surface area contributed by atoms with Crippen LogP contribution >= 0.6 is 0 Å². The molecule has 3 aliphatic heterocycles. The third-order valence-corrected chi connectivity index (χ3v) is 9.50. The molecule has 6 rings (SSSR count). The lowest BCUT2D eigenvalue weighted by Crippen LogP contribution is -2.72. The molecular formula is C37H48N6O4. The average Bonchev–Trinajstić information content (AvgIpc) is 3.35. The molecule has 3 aliphatic rings. The molecule has 0 aliphatic carbocycles. The van der Waals surface area contributed by atoms with Crippen LogP contribution in [-0.4, -0.2) is 95.1 Å². The van der Waals surface area contributed by atoms with Gasteiger partial charge in [0.05, 0.1) is 18.5 Å². The summed E-state index contributed by atoms with van der Waals surface area (Å²) in [6, 6.07) is 14.8. The molecule has 2 aromatic heterocycles. The number of aromatic nitrogens is 3. The lowest BCUT2D eigenvalue weighted by molar-refractivity contribution is -0.115. The van der Waals surface area contributed by atoms with Gasteiger partial charge in [-0.25, -0.2) is 19.3 Å². The molecule has 1 atom stereocenters. The highest BCUT2D eigenvalue weighted by atomic mass is 16.6. The summed E-state index contributed by atoms with van der Waals surface area (Å²) in [6.07, 6.45) is 2.89. The van der Waals surface area contributed by atoms with Crippen LogP contribution in [0.5, 0.6) is 0 Å². The first kappa shape index (κ1) is 32.9. The van der Waals surface area contributed by atoms with Gasteiger partial charge < -0.3 is 19.3 Å². The molecule has 0 bridgehead atoms. The van der Waals surface area contributed by atoms with E-state index in [4.69, 9.17) is 14.5 Å². The quantitative estimate of drug-likeness (QED) is 0.219. The van der Waals surface area contributed by atoms with Gasteiger partial charge in [0.1, 0.15) is 11.4 Å². The van der Waals surface area contributed by atoms with Gasteiger partial charge in [0.25, 0.3) is 0 Å². The number of fused-ring (bicyclic) bond motifs is 1. The number of rotatable bonds is 10. The van der Waals surface area contributed by atoms with Crippen molar-refractivity contribution in [1.29, 1.82) is 0 Å². The van der Waals surface area contributed by atoms with Gasteiger partial charge in [-0.3, -0.25) is 4.90 Å². The first-order valence-electron chi connectivity index (χ1n) is 16.8. The summed E-state index contributed by atoms with van der Waals surface area (Å²) < 4.78 is 13.0. The Hall–Kier alpha value is -3.98. The average molecular weight is 641 g/mol. The van der Waals surface area contributed by atoms with Gasteiger partial charge >= 0.3 is 6.09 Å². The minimum absolute atomic E-state index is 0.104. The molecule has 1 spiro atoms. The number of benzene rings is 1. The van der Waals surface area contributed by atoms with Crippen LogP contribution in [0.4, 0.5) is 10.6 Å². The third-order valence-electron chi connectivity index (χ3n) is 9.50. The topological polar surface area (TPSA) is 93.0 Å². The standard InChI is InChI=1S/C37H48N6O4/c1-26-17-27(2)43(39-26)32-11-7-9-29(18-32)30(19-33(21-44)46-6)20-41-24-37(25-41)22-40(23-37)16-14-31-13-12-28-10-8-15-42(34(28)38-31)35(45)47-36(3,4)5/h7,9,11-13,17-18,30H,8,10,14-16,19-20,22-25H2,1-6H3/t30-/m1/s1. The van der Waals surface area contributed by atoms with E-state index < -0.39 is 5.60 Å². The number of hydrogen-bond donors (Lipinski definition) is 0. The SMILES string of the molecule is COC(=C=O)C[C@H](CN1CC2(CN(CCc3ccc4c(n3)N(C(=O)OC(C)(C)C)CCC4)C2)C1)c1cccc(-n2nc(C)cc2C)c1. The zero-order chi connectivity index (χ0) is 33.3. The van der Waals surface area contributed by atoms with Crippen molar-refractivity contribution in [2.75, 3.05) is 57.8 Å². The van der Waals surface area contributed by atoms with Gasteiger partial charge in [0.15, 0.2) is 11.7 Å². The Kier molecular flexibility index (Phi) is 9.29. The minimum Gasteiger partial charge on any atom is -0.490 e. The number of ether oxygens (including phenoxy) is 2. The minimum atomic E-state index is -0.540. The maximum Gasteiger partial charge on any atom is 0.416 e. The predicted molar refractivity (Wildman–Crippen MR) is 182 cm³/mol. The number of pyridine rings is 1. The first-order chi connectivity index (χ1) is 22.4. The van der Waals surface area contributed by atoms with Crippen molar-refractivity contribution in [3.05, 3.63) is 76.4 Å². The molecule has 0 N–H and O–H groups in total. The number of hydrogen-bond acceptors (Lipinski definition) is 8. The fraction of sp³-hybridized carbons (Fsp3) is 0.541. The van der Waals surface area contributed by atoms with E-state index in [2.05, 4.69) is 64.3 Å². The predicted octanol–water partition coefficient (Wildman–Crippen LogP) is 5.27. The molecular weight excluding hydrogens is 592 g/mol. The van der Waals surface area contributed by atoms with E-state index in [1.807, 2.05) is 38.3 Å². The number of methoxy groups -OCH3 is 1. The van der Waals surface area contributed by atoms with Crippen LogP contribution < -0.4 is 4.90 Å². The summed E-state index contributed by atoms with van der Waals surface area (Å²) in [7, 11) is 1.54. The number of carbonyl (C=O) groups excluding carboxylic acids is 2. The molecule has 0 saturated carbocycles. The van der Waals surface area contributed by atoms with Crippen LogP contribution in [0.15, 0.2) is 48.2 Å². The van der Waals surface area contributed by atoms with E-state index in [0.717, 1.165) is 92.7 Å². The van der Waals surface area contributed by atoms with Crippen LogP contribution in [0.2, 0.25) is 0 Å². The summed E-state index contributed by atoms with van der Waals surface area (Å²) in [5.74, 6) is 3.21. The molecule has 1 amide bonds. The second-order valence-electron chi connectivity index (χ2n) is 14.7. The van der Waals surface area contributed by atoms with Crippen molar-refractivity contribution in [3.63, 3.8) is 0 Å². The van der Waals surface area contributed by atoms with Crippen molar-refractivity contribution in [3.8, 4) is 5.69 Å². The highest BCUT2D eigenvalue weighted by Crippen LogP contribution is 2.41. The van der Waals surface area contributed by atoms with Crippen LogP contribution in [0, 0.1) is 19.3 Å². The van der Waals surface area contributed by atoms with Crippen molar-refractivity contribution in [2.45, 2.75) is 71.8 Å². The maximum absolute atomic E-state index is 12.9. The third kappa shape index (κ3) is 7.45. The molecule has 3 aromatic rings. The highest BCUT2D eigenvalue weighted by molar-refractivity contribution is 5.88. The van der Waals surface area contributed by atoms with Gasteiger partial charge in [-0.2, -0.15) is 5.10 Å². The number of amides is 1. The molecule has 0 unspecified atom stereocenters. The summed E-state index contributed by atoms with van der Waals surface area (Å²) in [6.45, 7) is 16.4. The fourth-order valence-corrected chi connectivity index (χ4v) is 7.47.